The van der Waals surface area contributed by atoms with Gasteiger partial charge in [-0.3, -0.25) is 0 Å². The number of rotatable bonds is 1. The monoisotopic (exact) mass is 197 g/mol. The molecule has 1 rings (SSSR count). The minimum atomic E-state index is -1.53. The predicted octanol–water partition coefficient (Wildman–Crippen LogP) is -0.355. The van der Waals surface area contributed by atoms with E-state index in [0.717, 1.165) is 0 Å². The summed E-state index contributed by atoms with van der Waals surface area (Å²) < 4.78 is 0. The largest absolute Gasteiger partial charge is 1.00 e. The average molecular weight is 197 g/mol. The van der Waals surface area contributed by atoms with Crippen LogP contribution in [0.5, 0.6) is 0 Å². The van der Waals surface area contributed by atoms with Gasteiger partial charge < -0.3 is 0 Å². The first-order valence-corrected chi connectivity index (χ1v) is 6.79. The molecule has 0 heterocycles. The van der Waals surface area contributed by atoms with E-state index in [0.29, 0.717) is 0 Å². The summed E-state index contributed by atoms with van der Waals surface area (Å²) in [5, 5.41) is 1.34. The van der Waals surface area contributed by atoms with Crippen molar-refractivity contribution in [2.75, 3.05) is 6.66 Å². The normalized spacial score (nSPS) is 15.4. The molecule has 0 amide bonds. The van der Waals surface area contributed by atoms with E-state index in [4.69, 9.17) is 7.57 Å². The molecule has 3 heteroatoms. The smallest absolute Gasteiger partial charge is 0.173 e. The fraction of sp³-hybridized carbons (Fsp3) is 0.455. The molecule has 0 fully saturated rings. The van der Waals surface area contributed by atoms with E-state index >= 15 is 0 Å². The molecule has 2 radical (unpaired) electrons. The third-order valence-corrected chi connectivity index (χ3v) is 6.65. The van der Waals surface area contributed by atoms with Gasteiger partial charge in [-0.2, -0.15) is 18.2 Å². The maximum atomic E-state index is 6.39. The van der Waals surface area contributed by atoms with Crippen LogP contribution in [0.2, 0.25) is 0 Å². The Kier molecular flexibility index (Phi) is 5.00. The molecule has 0 saturated carbocycles. The van der Waals surface area contributed by atoms with Gasteiger partial charge in [0.25, 0.3) is 0 Å². The Morgan fingerprint density at radius 1 is 1.29 bits per heavy atom. The molecule has 0 bridgehead atoms. The molecule has 0 aliphatic carbocycles. The van der Waals surface area contributed by atoms with Crippen LogP contribution in [0.4, 0.5) is 0 Å². The molecule has 0 aliphatic heterocycles. The van der Waals surface area contributed by atoms with Gasteiger partial charge in [0.05, 0.1) is 5.16 Å². The van der Waals surface area contributed by atoms with Crippen molar-refractivity contribution in [3.8, 4) is 0 Å². The van der Waals surface area contributed by atoms with E-state index in [9.17, 15) is 0 Å². The molecular formula is C11H16BLiP+. The van der Waals surface area contributed by atoms with Crippen LogP contribution >= 0.6 is 7.14 Å². The molecule has 1 aromatic rings. The third-order valence-electron chi connectivity index (χ3n) is 2.59. The van der Waals surface area contributed by atoms with Crippen LogP contribution in [0.15, 0.2) is 24.3 Å². The zero-order chi connectivity index (χ0) is 10.1. The molecule has 14 heavy (non-hydrogen) atoms. The summed E-state index contributed by atoms with van der Waals surface area (Å²) in [7, 11) is 4.86. The molecule has 0 nitrogen and oxygen atoms in total. The van der Waals surface area contributed by atoms with Crippen molar-refractivity contribution in [1.29, 1.82) is 0 Å². The molecule has 0 aromatic heterocycles. The minimum Gasteiger partial charge on any atom is -0.173 e. The number of benzene rings is 1. The summed E-state index contributed by atoms with van der Waals surface area (Å²) in [5.74, 6) is 0. The Balaban J connectivity index is 0.00000169. The Bertz CT molecular complexity index is 277. The number of hydrogen-bond donors (Lipinski definition) is 0. The Morgan fingerprint density at radius 3 is 2.21 bits per heavy atom. The van der Waals surface area contributed by atoms with Crippen LogP contribution in [0.1, 0.15) is 20.8 Å². The third kappa shape index (κ3) is 2.90. The molecule has 1 unspecified atom stereocenters. The second kappa shape index (κ2) is 4.89. The van der Waals surface area contributed by atoms with E-state index in [1.165, 1.54) is 5.30 Å². The zero-order valence-corrected chi connectivity index (χ0v) is 10.7. The second-order valence-electron chi connectivity index (χ2n) is 4.49. The molecule has 0 spiro atoms. The summed E-state index contributed by atoms with van der Waals surface area (Å²) in [4.78, 5) is 0. The van der Waals surface area contributed by atoms with Crippen LogP contribution in [0, 0.1) is 6.07 Å². The van der Waals surface area contributed by atoms with E-state index in [-0.39, 0.29) is 24.0 Å². The standard InChI is InChI=1S/C11H16BP.Li/c1-11(2,3)13(4,12)10-8-6-5-7-9-10;/h5-8H,1-4H3;/q;+1. The van der Waals surface area contributed by atoms with E-state index in [1.54, 1.807) is 0 Å². The first kappa shape index (κ1) is 14.3. The summed E-state index contributed by atoms with van der Waals surface area (Å²) in [6, 6.07) is 11.3. The average Bonchev–Trinajstić information content (AvgIpc) is 2.04. The van der Waals surface area contributed by atoms with Crippen molar-refractivity contribution in [2.45, 2.75) is 25.9 Å². The maximum Gasteiger partial charge on any atom is 1.00 e. The Hall–Kier alpha value is 0.312. The van der Waals surface area contributed by atoms with Crippen LogP contribution in [-0.2, 0) is 0 Å². The van der Waals surface area contributed by atoms with Crippen LogP contribution < -0.4 is 24.2 Å². The van der Waals surface area contributed by atoms with Crippen LogP contribution in [-0.4, -0.2) is 19.4 Å². The van der Waals surface area contributed by atoms with Crippen LogP contribution in [0.3, 0.4) is 0 Å². The molecule has 0 saturated heterocycles. The van der Waals surface area contributed by atoms with Gasteiger partial charge in [-0.25, -0.2) is 0 Å². The van der Waals surface area contributed by atoms with Gasteiger partial charge in [0.15, 0.2) is 0 Å². The maximum absolute atomic E-state index is 6.39. The van der Waals surface area contributed by atoms with Crippen LogP contribution in [0.25, 0.3) is 0 Å². The predicted molar refractivity (Wildman–Crippen MR) is 63.3 cm³/mol. The van der Waals surface area contributed by atoms with E-state index in [1.807, 2.05) is 18.2 Å². The first-order chi connectivity index (χ1) is 5.86. The SMILES string of the molecule is [B][P+](C)(c1[c-]cccc1)C(C)(C)C.[Li+]. The van der Waals surface area contributed by atoms with E-state index < -0.39 is 7.14 Å². The zero-order valence-electron chi connectivity index (χ0n) is 9.83. The molecule has 0 aliphatic rings. The molecular weight excluding hydrogens is 181 g/mol. The molecule has 1 aromatic carbocycles. The van der Waals surface area contributed by atoms with Crippen molar-refractivity contribution in [1.82, 2.24) is 0 Å². The quantitative estimate of drug-likeness (QED) is 0.328. The Morgan fingerprint density at radius 2 is 1.86 bits per heavy atom. The van der Waals surface area contributed by atoms with Crippen molar-refractivity contribution in [3.63, 3.8) is 0 Å². The summed E-state index contributed by atoms with van der Waals surface area (Å²) in [6.45, 7) is 8.75. The molecule has 68 valence electrons. The fourth-order valence-corrected chi connectivity index (χ4v) is 2.50. The van der Waals surface area contributed by atoms with Gasteiger partial charge in [0, 0.05) is 6.66 Å². The van der Waals surface area contributed by atoms with Gasteiger partial charge in [-0.15, -0.1) is 12.1 Å². The summed E-state index contributed by atoms with van der Waals surface area (Å²) >= 11 is 0. The molecule has 0 N–H and O–H groups in total. The second-order valence-corrected chi connectivity index (χ2v) is 8.47. The fourth-order valence-electron chi connectivity index (χ4n) is 1.03. The van der Waals surface area contributed by atoms with Crippen molar-refractivity contribution in [2.24, 2.45) is 0 Å². The van der Waals surface area contributed by atoms with Gasteiger partial charge in [0.2, 0.25) is 0 Å². The van der Waals surface area contributed by atoms with Gasteiger partial charge >= 0.3 is 26.4 Å². The minimum absolute atomic E-state index is 0. The summed E-state index contributed by atoms with van der Waals surface area (Å²) in [5.41, 5.74) is 0. The van der Waals surface area contributed by atoms with Gasteiger partial charge in [0.1, 0.15) is 0 Å². The summed E-state index contributed by atoms with van der Waals surface area (Å²) in [6.07, 6.45) is 0. The number of hydrogen-bond acceptors (Lipinski definition) is 0. The van der Waals surface area contributed by atoms with Gasteiger partial charge in [-0.1, -0.05) is 0 Å². The van der Waals surface area contributed by atoms with E-state index in [2.05, 4.69) is 39.6 Å². The van der Waals surface area contributed by atoms with Crippen molar-refractivity contribution >= 4 is 20.0 Å². The van der Waals surface area contributed by atoms with Crippen molar-refractivity contribution in [3.05, 3.63) is 30.3 Å². The first-order valence-electron chi connectivity index (χ1n) is 4.48. The van der Waals surface area contributed by atoms with Gasteiger partial charge in [-0.05, 0) is 33.2 Å². The Labute approximate surface area is 102 Å². The van der Waals surface area contributed by atoms with Crippen molar-refractivity contribution < 1.29 is 18.9 Å². The topological polar surface area (TPSA) is 0 Å². The molecule has 1 atom stereocenters.